The zero-order valence-electron chi connectivity index (χ0n) is 15.2. The number of aromatic nitrogens is 1. The number of anilines is 2. The highest BCUT2D eigenvalue weighted by atomic mass is 16.2. The lowest BCUT2D eigenvalue weighted by Crippen LogP contribution is -2.49. The maximum absolute atomic E-state index is 12.7. The molecule has 2 aromatic rings. The summed E-state index contributed by atoms with van der Waals surface area (Å²) in [6, 6.07) is 13.4. The van der Waals surface area contributed by atoms with Crippen molar-refractivity contribution in [2.45, 2.75) is 6.92 Å². The van der Waals surface area contributed by atoms with E-state index in [-0.39, 0.29) is 5.91 Å². The first-order valence-electron chi connectivity index (χ1n) is 8.84. The summed E-state index contributed by atoms with van der Waals surface area (Å²) in [7, 11) is 2.03. The predicted molar refractivity (Wildman–Crippen MR) is 102 cm³/mol. The van der Waals surface area contributed by atoms with Crippen LogP contribution in [0.4, 0.5) is 11.5 Å². The van der Waals surface area contributed by atoms with Crippen LogP contribution in [0.2, 0.25) is 0 Å². The van der Waals surface area contributed by atoms with E-state index in [9.17, 15) is 4.79 Å². The van der Waals surface area contributed by atoms with Crippen LogP contribution in [0.15, 0.2) is 42.6 Å². The molecule has 0 N–H and O–H groups in total. The van der Waals surface area contributed by atoms with E-state index in [2.05, 4.69) is 27.8 Å². The third-order valence-corrected chi connectivity index (χ3v) is 4.79. The van der Waals surface area contributed by atoms with E-state index in [1.165, 1.54) is 0 Å². The highest BCUT2D eigenvalue weighted by Crippen LogP contribution is 2.18. The van der Waals surface area contributed by atoms with E-state index < -0.39 is 0 Å². The maximum Gasteiger partial charge on any atom is 0.253 e. The molecule has 0 bridgehead atoms. The molecule has 0 unspecified atom stereocenters. The molecular weight excluding hydrogens is 326 g/mol. The second kappa shape index (κ2) is 7.87. The van der Waals surface area contributed by atoms with Crippen LogP contribution in [0.1, 0.15) is 22.8 Å². The van der Waals surface area contributed by atoms with Gasteiger partial charge in [-0.15, -0.1) is 0 Å². The molecule has 0 spiro atoms. The Morgan fingerprint density at radius 2 is 1.88 bits per heavy atom. The Hall–Kier alpha value is -3.07. The molecule has 134 valence electrons. The molecule has 2 heterocycles. The Labute approximate surface area is 154 Å². The number of hydrogen-bond acceptors (Lipinski definition) is 5. The summed E-state index contributed by atoms with van der Waals surface area (Å²) < 4.78 is 0. The SMILES string of the molecule is CCN(C)c1ccc(C(=O)N2CCN(c3cc(C#N)ccn3)CC2)cc1. The molecule has 0 radical (unpaired) electrons. The van der Waals surface area contributed by atoms with Gasteiger partial charge < -0.3 is 14.7 Å². The Morgan fingerprint density at radius 1 is 1.19 bits per heavy atom. The molecule has 1 amide bonds. The zero-order chi connectivity index (χ0) is 18.5. The second-order valence-electron chi connectivity index (χ2n) is 6.35. The molecule has 1 aromatic carbocycles. The number of benzene rings is 1. The van der Waals surface area contributed by atoms with Crippen molar-refractivity contribution in [1.29, 1.82) is 5.26 Å². The average molecular weight is 349 g/mol. The fraction of sp³-hybridized carbons (Fsp3) is 0.350. The van der Waals surface area contributed by atoms with Gasteiger partial charge in [-0.05, 0) is 43.3 Å². The first kappa shape index (κ1) is 17.7. The van der Waals surface area contributed by atoms with Crippen LogP contribution in [0.5, 0.6) is 0 Å². The van der Waals surface area contributed by atoms with Crippen LogP contribution in [-0.2, 0) is 0 Å². The van der Waals surface area contributed by atoms with Crippen LogP contribution in [0.3, 0.4) is 0 Å². The van der Waals surface area contributed by atoms with E-state index in [0.29, 0.717) is 31.7 Å². The van der Waals surface area contributed by atoms with Gasteiger partial charge in [-0.2, -0.15) is 5.26 Å². The number of pyridine rings is 1. The van der Waals surface area contributed by atoms with Crippen molar-refractivity contribution in [3.8, 4) is 6.07 Å². The van der Waals surface area contributed by atoms with Gasteiger partial charge in [0.2, 0.25) is 0 Å². The van der Waals surface area contributed by atoms with Gasteiger partial charge in [0.1, 0.15) is 5.82 Å². The number of nitrogens with zero attached hydrogens (tertiary/aromatic N) is 5. The average Bonchev–Trinajstić information content (AvgIpc) is 2.73. The van der Waals surface area contributed by atoms with Gasteiger partial charge in [0.25, 0.3) is 5.91 Å². The highest BCUT2D eigenvalue weighted by molar-refractivity contribution is 5.94. The molecule has 6 heteroatoms. The van der Waals surface area contributed by atoms with E-state index in [4.69, 9.17) is 5.26 Å². The van der Waals surface area contributed by atoms with Gasteiger partial charge in [0.15, 0.2) is 0 Å². The Kier molecular flexibility index (Phi) is 5.37. The Morgan fingerprint density at radius 3 is 2.50 bits per heavy atom. The van der Waals surface area contributed by atoms with Crippen LogP contribution in [0.25, 0.3) is 0 Å². The van der Waals surface area contributed by atoms with Gasteiger partial charge in [-0.3, -0.25) is 4.79 Å². The Balaban J connectivity index is 1.62. The van der Waals surface area contributed by atoms with Gasteiger partial charge in [-0.1, -0.05) is 0 Å². The number of carbonyl (C=O) groups is 1. The fourth-order valence-corrected chi connectivity index (χ4v) is 3.02. The normalized spacial score (nSPS) is 14.0. The lowest BCUT2D eigenvalue weighted by atomic mass is 10.1. The Bertz CT molecular complexity index is 804. The number of hydrogen-bond donors (Lipinski definition) is 0. The van der Waals surface area contributed by atoms with Gasteiger partial charge in [0, 0.05) is 57.2 Å². The minimum atomic E-state index is 0.0640. The summed E-state index contributed by atoms with van der Waals surface area (Å²) in [5.41, 5.74) is 2.43. The molecule has 0 atom stereocenters. The minimum Gasteiger partial charge on any atom is -0.375 e. The van der Waals surface area contributed by atoms with Crippen molar-refractivity contribution < 1.29 is 4.79 Å². The van der Waals surface area contributed by atoms with Gasteiger partial charge in [-0.25, -0.2) is 4.98 Å². The summed E-state index contributed by atoms with van der Waals surface area (Å²) >= 11 is 0. The number of carbonyl (C=O) groups excluding carboxylic acids is 1. The van der Waals surface area contributed by atoms with Crippen LogP contribution in [-0.4, -0.2) is 55.6 Å². The standard InChI is InChI=1S/C20H23N5O/c1-3-23(2)18-6-4-17(5-7-18)20(26)25-12-10-24(11-13-25)19-14-16(15-21)8-9-22-19/h4-9,14H,3,10-13H2,1-2H3. The van der Waals surface area contributed by atoms with E-state index in [1.54, 1.807) is 18.3 Å². The summed E-state index contributed by atoms with van der Waals surface area (Å²) in [6.07, 6.45) is 1.65. The first-order valence-corrected chi connectivity index (χ1v) is 8.84. The van der Waals surface area contributed by atoms with Crippen molar-refractivity contribution in [2.75, 3.05) is 49.6 Å². The van der Waals surface area contributed by atoms with E-state index >= 15 is 0 Å². The summed E-state index contributed by atoms with van der Waals surface area (Å²) in [5, 5.41) is 9.02. The highest BCUT2D eigenvalue weighted by Gasteiger charge is 2.23. The van der Waals surface area contributed by atoms with Crippen LogP contribution in [0, 0.1) is 11.3 Å². The molecule has 0 aliphatic carbocycles. The summed E-state index contributed by atoms with van der Waals surface area (Å²) in [5.74, 6) is 0.859. The zero-order valence-corrected chi connectivity index (χ0v) is 15.2. The number of nitriles is 1. The van der Waals surface area contributed by atoms with Gasteiger partial charge in [0.05, 0.1) is 11.6 Å². The molecule has 1 aliphatic heterocycles. The van der Waals surface area contributed by atoms with E-state index in [1.807, 2.05) is 36.2 Å². The van der Waals surface area contributed by atoms with Crippen molar-refractivity contribution >= 4 is 17.4 Å². The third kappa shape index (κ3) is 3.77. The fourth-order valence-electron chi connectivity index (χ4n) is 3.02. The molecule has 1 aromatic heterocycles. The van der Waals surface area contributed by atoms with Crippen molar-refractivity contribution in [3.05, 3.63) is 53.7 Å². The van der Waals surface area contributed by atoms with Crippen LogP contribution >= 0.6 is 0 Å². The summed E-state index contributed by atoms with van der Waals surface area (Å²) in [4.78, 5) is 23.2. The molecule has 26 heavy (non-hydrogen) atoms. The van der Waals surface area contributed by atoms with Crippen LogP contribution < -0.4 is 9.80 Å². The molecule has 1 aliphatic rings. The number of piperazine rings is 1. The number of amides is 1. The maximum atomic E-state index is 12.7. The van der Waals surface area contributed by atoms with Crippen molar-refractivity contribution in [2.24, 2.45) is 0 Å². The minimum absolute atomic E-state index is 0.0640. The monoisotopic (exact) mass is 349 g/mol. The molecular formula is C20H23N5O. The first-order chi connectivity index (χ1) is 12.6. The van der Waals surface area contributed by atoms with Gasteiger partial charge >= 0.3 is 0 Å². The predicted octanol–water partition coefficient (Wildman–Crippen LogP) is 2.37. The lowest BCUT2D eigenvalue weighted by molar-refractivity contribution is 0.0746. The third-order valence-electron chi connectivity index (χ3n) is 4.79. The smallest absolute Gasteiger partial charge is 0.253 e. The quantitative estimate of drug-likeness (QED) is 0.848. The van der Waals surface area contributed by atoms with E-state index in [0.717, 1.165) is 23.6 Å². The molecule has 3 rings (SSSR count). The number of rotatable bonds is 4. The lowest BCUT2D eigenvalue weighted by Gasteiger charge is -2.35. The molecule has 0 saturated carbocycles. The van der Waals surface area contributed by atoms with Crippen molar-refractivity contribution in [1.82, 2.24) is 9.88 Å². The topological polar surface area (TPSA) is 63.5 Å². The van der Waals surface area contributed by atoms with Crippen molar-refractivity contribution in [3.63, 3.8) is 0 Å². The summed E-state index contributed by atoms with van der Waals surface area (Å²) in [6.45, 7) is 5.74. The second-order valence-corrected chi connectivity index (χ2v) is 6.35. The molecule has 1 fully saturated rings. The molecule has 6 nitrogen and oxygen atoms in total. The molecule has 1 saturated heterocycles. The largest absolute Gasteiger partial charge is 0.375 e.